The van der Waals surface area contributed by atoms with E-state index in [4.69, 9.17) is 9.81 Å². The minimum absolute atomic E-state index is 0.0291. The van der Waals surface area contributed by atoms with E-state index in [1.54, 1.807) is 12.1 Å². The topological polar surface area (TPSA) is 66.8 Å². The maximum atomic E-state index is 11.0. The van der Waals surface area contributed by atoms with Crippen LogP contribution in [0.5, 0.6) is 0 Å². The van der Waals surface area contributed by atoms with Crippen LogP contribution in [0.1, 0.15) is 5.56 Å². The molecule has 0 aromatic heterocycles. The summed E-state index contributed by atoms with van der Waals surface area (Å²) >= 11 is 4.38. The van der Waals surface area contributed by atoms with E-state index in [0.717, 1.165) is 0 Å². The first kappa shape index (κ1) is 10.6. The van der Waals surface area contributed by atoms with Crippen molar-refractivity contribution in [1.29, 1.82) is 0 Å². The molecule has 0 saturated heterocycles. The predicted octanol–water partition coefficient (Wildman–Crippen LogP) is 1.25. The summed E-state index contributed by atoms with van der Waals surface area (Å²) in [5.41, 5.74) is 0.589. The molecule has 13 heavy (non-hydrogen) atoms. The molecule has 0 heterocycles. The van der Waals surface area contributed by atoms with Gasteiger partial charge in [0.2, 0.25) is 0 Å². The highest BCUT2D eigenvalue weighted by Gasteiger charge is 2.05. The first-order valence-corrected chi connectivity index (χ1v) is 5.81. The van der Waals surface area contributed by atoms with E-state index in [0.29, 0.717) is 5.56 Å². The maximum Gasteiger partial charge on any atom is 0.171 e. The van der Waals surface area contributed by atoms with Crippen molar-refractivity contribution < 1.29 is 18.9 Å². The van der Waals surface area contributed by atoms with Crippen molar-refractivity contribution in [1.82, 2.24) is 0 Å². The van der Waals surface area contributed by atoms with Gasteiger partial charge in [0.25, 0.3) is 0 Å². The van der Waals surface area contributed by atoms with Crippen molar-refractivity contribution in [3.8, 4) is 0 Å². The second kappa shape index (κ2) is 4.12. The molecule has 1 atom stereocenters. The Labute approximate surface area is 80.6 Å². The zero-order valence-corrected chi connectivity index (χ0v) is 8.18. The highest BCUT2D eigenvalue weighted by molar-refractivity contribution is 8.29. The predicted molar refractivity (Wildman–Crippen MR) is 50.3 cm³/mol. The molecule has 1 rings (SSSR count). The molecule has 1 unspecified atom stereocenters. The van der Waals surface area contributed by atoms with E-state index in [1.807, 2.05) is 0 Å². The van der Waals surface area contributed by atoms with Gasteiger partial charge in [-0.15, -0.1) is 0 Å². The average Bonchev–Trinajstić information content (AvgIpc) is 2.04. The molecule has 0 saturated carbocycles. The molecule has 0 aliphatic heterocycles. The van der Waals surface area contributed by atoms with E-state index in [1.165, 1.54) is 12.1 Å². The molecule has 0 aliphatic carbocycles. The van der Waals surface area contributed by atoms with Crippen molar-refractivity contribution in [3.05, 3.63) is 29.8 Å². The maximum absolute atomic E-state index is 11.0. The smallest absolute Gasteiger partial charge is 0.171 e. The third-order valence-corrected chi connectivity index (χ3v) is 2.85. The molecule has 0 bridgehead atoms. The van der Waals surface area contributed by atoms with E-state index in [2.05, 4.69) is 16.1 Å². The number of benzene rings is 1. The molecule has 0 amide bonds. The highest BCUT2D eigenvalue weighted by atomic mass is 32.8. The van der Waals surface area contributed by atoms with Gasteiger partial charge in [0, 0.05) is 11.2 Å². The van der Waals surface area contributed by atoms with Crippen LogP contribution in [0.15, 0.2) is 29.2 Å². The quantitative estimate of drug-likeness (QED) is 0.593. The number of hydrogen-bond donors (Lipinski definition) is 2. The molecule has 4 nitrogen and oxygen atoms in total. The fourth-order valence-corrected chi connectivity index (χ4v) is 1.73. The van der Waals surface area contributed by atoms with Crippen LogP contribution < -0.4 is 0 Å². The van der Waals surface area contributed by atoms with Gasteiger partial charge in [-0.3, -0.25) is 5.26 Å². The van der Waals surface area contributed by atoms with Crippen molar-refractivity contribution in [2.24, 2.45) is 0 Å². The normalized spacial score (nSPS) is 15.2. The fraction of sp³-hybridized carbons (Fsp3) is 0.143. The van der Waals surface area contributed by atoms with Crippen LogP contribution in [0.3, 0.4) is 0 Å². The highest BCUT2D eigenvalue weighted by Crippen LogP contribution is 2.11. The monoisotopic (exact) mass is 220 g/mol. The SMILES string of the molecule is O=S(O)(=S)c1cccc(COO)c1. The molecule has 0 aliphatic rings. The van der Waals surface area contributed by atoms with Crippen LogP contribution in [0, 0.1) is 0 Å². The van der Waals surface area contributed by atoms with Crippen molar-refractivity contribution in [2.45, 2.75) is 11.5 Å². The standard InChI is InChI=1S/C7H8O4S2/c8-11-5-6-2-1-3-7(4-6)13(9,10)12/h1-4,8H,5H2,(H,9,10,12). The number of hydrogen-bond acceptors (Lipinski definition) is 4. The van der Waals surface area contributed by atoms with Crippen LogP contribution in [-0.2, 0) is 31.5 Å². The Kier molecular flexibility index (Phi) is 3.34. The van der Waals surface area contributed by atoms with Gasteiger partial charge in [-0.1, -0.05) is 12.1 Å². The minimum atomic E-state index is -3.35. The van der Waals surface area contributed by atoms with Gasteiger partial charge in [-0.05, 0) is 17.7 Å². The zero-order chi connectivity index (χ0) is 9.90. The van der Waals surface area contributed by atoms with Crippen LogP contribution in [0.4, 0.5) is 0 Å². The lowest BCUT2D eigenvalue weighted by molar-refractivity contribution is -0.253. The second-order valence-electron chi connectivity index (χ2n) is 2.40. The number of rotatable bonds is 3. The largest absolute Gasteiger partial charge is 0.302 e. The lowest BCUT2D eigenvalue weighted by Gasteiger charge is -2.02. The first-order chi connectivity index (χ1) is 6.04. The van der Waals surface area contributed by atoms with Crippen molar-refractivity contribution >= 4 is 20.0 Å². The second-order valence-corrected chi connectivity index (χ2v) is 5.17. The van der Waals surface area contributed by atoms with Gasteiger partial charge in [-0.2, -0.15) is 0 Å². The molecule has 0 spiro atoms. The average molecular weight is 220 g/mol. The Morgan fingerprint density at radius 1 is 1.54 bits per heavy atom. The Hall–Kier alpha value is -0.530. The Bertz CT molecular complexity index is 385. The molecular weight excluding hydrogens is 212 g/mol. The van der Waals surface area contributed by atoms with Gasteiger partial charge in [0.15, 0.2) is 8.77 Å². The molecule has 2 N–H and O–H groups in total. The Morgan fingerprint density at radius 3 is 2.77 bits per heavy atom. The Morgan fingerprint density at radius 2 is 2.23 bits per heavy atom. The van der Waals surface area contributed by atoms with E-state index >= 15 is 0 Å². The summed E-state index contributed by atoms with van der Waals surface area (Å²) in [5, 5.41) is 8.15. The lowest BCUT2D eigenvalue weighted by atomic mass is 10.2. The summed E-state index contributed by atoms with van der Waals surface area (Å²) < 4.78 is 20.0. The zero-order valence-electron chi connectivity index (χ0n) is 6.54. The molecular formula is C7H8O4S2. The summed E-state index contributed by atoms with van der Waals surface area (Å²) in [7, 11) is -3.35. The molecule has 0 radical (unpaired) electrons. The van der Waals surface area contributed by atoms with Crippen molar-refractivity contribution in [3.63, 3.8) is 0 Å². The molecule has 6 heteroatoms. The first-order valence-electron chi connectivity index (χ1n) is 3.37. The summed E-state index contributed by atoms with van der Waals surface area (Å²) in [6.45, 7) is -0.0291. The van der Waals surface area contributed by atoms with Gasteiger partial charge in [0.1, 0.15) is 6.61 Å². The van der Waals surface area contributed by atoms with E-state index < -0.39 is 8.77 Å². The minimum Gasteiger partial charge on any atom is -0.302 e. The van der Waals surface area contributed by atoms with Gasteiger partial charge in [0.05, 0.1) is 4.90 Å². The molecule has 72 valence electrons. The van der Waals surface area contributed by atoms with Crippen molar-refractivity contribution in [2.75, 3.05) is 0 Å². The third-order valence-electron chi connectivity index (χ3n) is 1.43. The summed E-state index contributed by atoms with van der Waals surface area (Å²) in [6.07, 6.45) is 0. The summed E-state index contributed by atoms with van der Waals surface area (Å²) in [5.74, 6) is 0. The summed E-state index contributed by atoms with van der Waals surface area (Å²) in [4.78, 5) is 4.04. The third kappa shape index (κ3) is 3.02. The van der Waals surface area contributed by atoms with Crippen LogP contribution >= 0.6 is 0 Å². The molecule has 1 aromatic carbocycles. The molecule has 1 aromatic rings. The summed E-state index contributed by atoms with van der Waals surface area (Å²) in [6, 6.07) is 6.11. The van der Waals surface area contributed by atoms with Crippen LogP contribution in [0.25, 0.3) is 0 Å². The fourth-order valence-electron chi connectivity index (χ4n) is 0.870. The van der Waals surface area contributed by atoms with Crippen LogP contribution in [-0.4, -0.2) is 14.0 Å². The van der Waals surface area contributed by atoms with Gasteiger partial charge < -0.3 is 4.55 Å². The van der Waals surface area contributed by atoms with Gasteiger partial charge in [-0.25, -0.2) is 9.10 Å². The van der Waals surface area contributed by atoms with Crippen LogP contribution in [0.2, 0.25) is 0 Å². The van der Waals surface area contributed by atoms with E-state index in [9.17, 15) is 4.21 Å². The molecule has 0 fully saturated rings. The lowest BCUT2D eigenvalue weighted by Crippen LogP contribution is -1.97. The van der Waals surface area contributed by atoms with Gasteiger partial charge >= 0.3 is 0 Å². The van der Waals surface area contributed by atoms with E-state index in [-0.39, 0.29) is 11.5 Å². The Balaban J connectivity index is 3.06.